The van der Waals surface area contributed by atoms with Gasteiger partial charge in [0, 0.05) is 53.2 Å². The van der Waals surface area contributed by atoms with E-state index in [0.29, 0.717) is 24.2 Å². The molecule has 170 valence electrons. The van der Waals surface area contributed by atoms with E-state index in [0.717, 1.165) is 33.5 Å². The van der Waals surface area contributed by atoms with Crippen molar-refractivity contribution in [2.75, 3.05) is 24.5 Å². The highest BCUT2D eigenvalue weighted by atomic mass is 79.9. The highest BCUT2D eigenvalue weighted by Gasteiger charge is 2.34. The Bertz CT molecular complexity index is 1120. The summed E-state index contributed by atoms with van der Waals surface area (Å²) >= 11 is 3.54. The molecule has 2 heterocycles. The number of hydrogen-bond donors (Lipinski definition) is 2. The summed E-state index contributed by atoms with van der Waals surface area (Å²) in [4.78, 5) is 43.9. The number of amides is 2. The van der Waals surface area contributed by atoms with Gasteiger partial charge in [-0.25, -0.2) is 0 Å². The summed E-state index contributed by atoms with van der Waals surface area (Å²) in [5, 5.41) is 2.89. The lowest BCUT2D eigenvalue weighted by Gasteiger charge is -2.46. The molecule has 1 aromatic heterocycles. The number of hydrogen-bond acceptors (Lipinski definition) is 4. The molecule has 0 saturated carbocycles. The normalized spacial score (nSPS) is 13.5. The number of nitrogens with one attached hydrogen (secondary N) is 2. The van der Waals surface area contributed by atoms with Crippen molar-refractivity contribution in [3.8, 4) is 0 Å². The third kappa shape index (κ3) is 4.80. The van der Waals surface area contributed by atoms with E-state index in [1.165, 1.54) is 6.08 Å². The summed E-state index contributed by atoms with van der Waals surface area (Å²) in [6.45, 7) is 13.4. The SMILES string of the molecule is C=CC(=O)N1CC(N(CC)c2cc(Br)cc(C(=O)NCc3c(C)cc(C)[nH]c3=O)c2C)C1. The maximum Gasteiger partial charge on any atom is 0.253 e. The third-order valence-electron chi connectivity index (χ3n) is 5.95. The molecule has 1 aliphatic rings. The van der Waals surface area contributed by atoms with Crippen LogP contribution in [0.5, 0.6) is 0 Å². The Morgan fingerprint density at radius 1 is 1.28 bits per heavy atom. The Kier molecular flexibility index (Phi) is 7.23. The van der Waals surface area contributed by atoms with E-state index in [9.17, 15) is 14.4 Å². The summed E-state index contributed by atoms with van der Waals surface area (Å²) < 4.78 is 0.796. The van der Waals surface area contributed by atoms with E-state index < -0.39 is 0 Å². The van der Waals surface area contributed by atoms with Crippen molar-refractivity contribution in [2.24, 2.45) is 0 Å². The lowest BCUT2D eigenvalue weighted by atomic mass is 10.0. The molecule has 3 rings (SSSR count). The van der Waals surface area contributed by atoms with Crippen LogP contribution in [-0.4, -0.2) is 47.4 Å². The number of carbonyl (C=O) groups is 2. The largest absolute Gasteiger partial charge is 0.365 e. The van der Waals surface area contributed by atoms with Gasteiger partial charge < -0.3 is 20.1 Å². The summed E-state index contributed by atoms with van der Waals surface area (Å²) in [5.74, 6) is -0.303. The Labute approximate surface area is 196 Å². The number of carbonyl (C=O) groups excluding carboxylic acids is 2. The van der Waals surface area contributed by atoms with E-state index >= 15 is 0 Å². The molecule has 1 aromatic carbocycles. The molecule has 7 nitrogen and oxygen atoms in total. The van der Waals surface area contributed by atoms with Crippen LogP contribution in [0.4, 0.5) is 5.69 Å². The van der Waals surface area contributed by atoms with Crippen molar-refractivity contribution in [3.05, 3.63) is 73.6 Å². The van der Waals surface area contributed by atoms with E-state index in [-0.39, 0.29) is 30.0 Å². The lowest BCUT2D eigenvalue weighted by Crippen LogP contribution is -2.61. The van der Waals surface area contributed by atoms with Crippen LogP contribution in [0, 0.1) is 20.8 Å². The zero-order valence-electron chi connectivity index (χ0n) is 18.9. The van der Waals surface area contributed by atoms with Gasteiger partial charge in [-0.3, -0.25) is 14.4 Å². The first-order valence-electron chi connectivity index (χ1n) is 10.6. The number of aromatic amines is 1. The first kappa shape index (κ1) is 23.8. The number of halogens is 1. The average molecular weight is 501 g/mol. The molecule has 2 amide bonds. The molecular formula is C24H29BrN4O3. The van der Waals surface area contributed by atoms with Gasteiger partial charge in [0.25, 0.3) is 11.5 Å². The van der Waals surface area contributed by atoms with Crippen molar-refractivity contribution in [1.29, 1.82) is 0 Å². The van der Waals surface area contributed by atoms with Gasteiger partial charge in [0.2, 0.25) is 5.91 Å². The molecule has 0 unspecified atom stereocenters. The number of benzene rings is 1. The van der Waals surface area contributed by atoms with Crippen molar-refractivity contribution in [3.63, 3.8) is 0 Å². The summed E-state index contributed by atoms with van der Waals surface area (Å²) in [7, 11) is 0. The van der Waals surface area contributed by atoms with Crippen LogP contribution in [0.25, 0.3) is 0 Å². The Morgan fingerprint density at radius 2 is 1.97 bits per heavy atom. The molecule has 32 heavy (non-hydrogen) atoms. The number of anilines is 1. The van der Waals surface area contributed by atoms with E-state index in [2.05, 4.69) is 44.6 Å². The molecular weight excluding hydrogens is 472 g/mol. The highest BCUT2D eigenvalue weighted by molar-refractivity contribution is 9.10. The van der Waals surface area contributed by atoms with Gasteiger partial charge in [0.1, 0.15) is 0 Å². The Hall–Kier alpha value is -2.87. The quantitative estimate of drug-likeness (QED) is 0.571. The lowest BCUT2D eigenvalue weighted by molar-refractivity contribution is -0.130. The minimum absolute atomic E-state index is 0.0651. The molecule has 0 aliphatic carbocycles. The predicted octanol–water partition coefficient (Wildman–Crippen LogP) is 3.22. The fourth-order valence-electron chi connectivity index (χ4n) is 4.15. The van der Waals surface area contributed by atoms with Crippen LogP contribution in [-0.2, 0) is 11.3 Å². The number of pyridine rings is 1. The first-order valence-corrected chi connectivity index (χ1v) is 11.4. The Morgan fingerprint density at radius 3 is 2.56 bits per heavy atom. The van der Waals surface area contributed by atoms with E-state index in [1.54, 1.807) is 11.0 Å². The summed E-state index contributed by atoms with van der Waals surface area (Å²) in [6, 6.07) is 5.87. The molecule has 0 radical (unpaired) electrons. The summed E-state index contributed by atoms with van der Waals surface area (Å²) in [6.07, 6.45) is 1.33. The molecule has 0 bridgehead atoms. The minimum Gasteiger partial charge on any atom is -0.365 e. The molecule has 0 atom stereocenters. The van der Waals surface area contributed by atoms with Gasteiger partial charge in [0.05, 0.1) is 6.04 Å². The van der Waals surface area contributed by atoms with Gasteiger partial charge in [-0.15, -0.1) is 0 Å². The number of H-pyrrole nitrogens is 1. The second-order valence-electron chi connectivity index (χ2n) is 8.11. The number of rotatable bonds is 7. The molecule has 8 heteroatoms. The van der Waals surface area contributed by atoms with E-state index in [1.807, 2.05) is 32.9 Å². The number of likely N-dealkylation sites (N-methyl/N-ethyl adjacent to an activating group) is 1. The number of nitrogens with zero attached hydrogens (tertiary/aromatic N) is 2. The molecule has 1 saturated heterocycles. The second kappa shape index (κ2) is 9.73. The van der Waals surface area contributed by atoms with Gasteiger partial charge in [-0.2, -0.15) is 0 Å². The second-order valence-corrected chi connectivity index (χ2v) is 9.03. The highest BCUT2D eigenvalue weighted by Crippen LogP contribution is 2.31. The molecule has 2 aromatic rings. The van der Waals surface area contributed by atoms with Crippen molar-refractivity contribution in [1.82, 2.24) is 15.2 Å². The van der Waals surface area contributed by atoms with Crippen molar-refractivity contribution in [2.45, 2.75) is 40.3 Å². The molecule has 0 spiro atoms. The monoisotopic (exact) mass is 500 g/mol. The minimum atomic E-state index is -0.238. The smallest absolute Gasteiger partial charge is 0.253 e. The fraction of sp³-hybridized carbons (Fsp3) is 0.375. The fourth-order valence-corrected chi connectivity index (χ4v) is 4.60. The zero-order chi connectivity index (χ0) is 23.6. The van der Waals surface area contributed by atoms with Crippen LogP contribution in [0.2, 0.25) is 0 Å². The molecule has 1 fully saturated rings. The van der Waals surface area contributed by atoms with Crippen LogP contribution in [0.3, 0.4) is 0 Å². The van der Waals surface area contributed by atoms with Gasteiger partial charge in [-0.05, 0) is 63.1 Å². The summed E-state index contributed by atoms with van der Waals surface area (Å²) in [5.41, 5.74) is 4.36. The van der Waals surface area contributed by atoms with Crippen LogP contribution in [0.15, 0.2) is 40.1 Å². The average Bonchev–Trinajstić information content (AvgIpc) is 2.70. The molecule has 2 N–H and O–H groups in total. The van der Waals surface area contributed by atoms with E-state index in [4.69, 9.17) is 0 Å². The van der Waals surface area contributed by atoms with Crippen molar-refractivity contribution >= 4 is 33.4 Å². The zero-order valence-corrected chi connectivity index (χ0v) is 20.5. The molecule has 1 aliphatic heterocycles. The predicted molar refractivity (Wildman–Crippen MR) is 130 cm³/mol. The Balaban J connectivity index is 1.81. The maximum absolute atomic E-state index is 13.1. The van der Waals surface area contributed by atoms with Gasteiger partial charge >= 0.3 is 0 Å². The van der Waals surface area contributed by atoms with Crippen LogP contribution >= 0.6 is 15.9 Å². The van der Waals surface area contributed by atoms with Gasteiger partial charge in [-0.1, -0.05) is 22.5 Å². The number of aryl methyl sites for hydroxylation is 2. The van der Waals surface area contributed by atoms with Gasteiger partial charge in [0.15, 0.2) is 0 Å². The van der Waals surface area contributed by atoms with Crippen LogP contribution in [0.1, 0.15) is 39.7 Å². The van der Waals surface area contributed by atoms with Crippen LogP contribution < -0.4 is 15.8 Å². The number of likely N-dealkylation sites (tertiary alicyclic amines) is 1. The number of aromatic nitrogens is 1. The first-order chi connectivity index (χ1) is 15.2. The maximum atomic E-state index is 13.1. The standard InChI is InChI=1S/C24H29BrN4O3/c1-6-22(30)28-12-18(13-28)29(7-2)21-10-17(25)9-19(16(21)5)23(31)26-11-20-14(3)8-15(4)27-24(20)32/h6,8-10,18H,1,7,11-13H2,2-5H3,(H,26,31)(H,27,32). The topological polar surface area (TPSA) is 85.5 Å². The third-order valence-corrected chi connectivity index (χ3v) is 6.41. The van der Waals surface area contributed by atoms with Crippen molar-refractivity contribution < 1.29 is 9.59 Å².